The minimum atomic E-state index is -0.558. The highest BCUT2D eigenvalue weighted by molar-refractivity contribution is 8.13. The smallest absolute Gasteiger partial charge is 0.276 e. The van der Waals surface area contributed by atoms with E-state index in [1.54, 1.807) is 12.1 Å². The molecule has 0 aliphatic carbocycles. The Morgan fingerprint density at radius 2 is 1.95 bits per heavy atom. The van der Waals surface area contributed by atoms with Crippen LogP contribution in [0.3, 0.4) is 0 Å². The molecule has 0 radical (unpaired) electrons. The lowest BCUT2D eigenvalue weighted by Gasteiger charge is -2.20. The molecule has 2 aromatic carbocycles. The number of amides is 1. The predicted molar refractivity (Wildman–Crippen MR) is 92.1 cm³/mol. The van der Waals surface area contributed by atoms with Gasteiger partial charge in [0.05, 0.1) is 5.69 Å². The Kier molecular flexibility index (Phi) is 4.36. The van der Waals surface area contributed by atoms with Crippen molar-refractivity contribution >= 4 is 40.1 Å². The SMILES string of the molecule is CSC1=N[C@@H](c2cccc(Cl)c2)C(=O)N1Nc1ccccc1. The molecule has 1 amide bonds. The summed E-state index contributed by atoms with van der Waals surface area (Å²) in [5.41, 5.74) is 4.74. The quantitative estimate of drug-likeness (QED) is 0.925. The third-order valence-electron chi connectivity index (χ3n) is 3.25. The molecule has 0 bridgehead atoms. The van der Waals surface area contributed by atoms with Crippen LogP contribution in [0.5, 0.6) is 0 Å². The van der Waals surface area contributed by atoms with Crippen LogP contribution < -0.4 is 5.43 Å². The van der Waals surface area contributed by atoms with Crippen LogP contribution in [0.2, 0.25) is 5.02 Å². The van der Waals surface area contributed by atoms with E-state index in [2.05, 4.69) is 10.4 Å². The van der Waals surface area contributed by atoms with Crippen molar-refractivity contribution in [3.63, 3.8) is 0 Å². The van der Waals surface area contributed by atoms with Gasteiger partial charge >= 0.3 is 0 Å². The van der Waals surface area contributed by atoms with Crippen molar-refractivity contribution in [1.82, 2.24) is 5.01 Å². The van der Waals surface area contributed by atoms with Crippen LogP contribution in [-0.2, 0) is 4.79 Å². The first-order chi connectivity index (χ1) is 10.7. The van der Waals surface area contributed by atoms with Crippen molar-refractivity contribution in [3.05, 3.63) is 65.2 Å². The number of nitrogens with zero attached hydrogens (tertiary/aromatic N) is 2. The van der Waals surface area contributed by atoms with E-state index in [1.807, 2.05) is 48.7 Å². The van der Waals surface area contributed by atoms with Crippen molar-refractivity contribution in [2.75, 3.05) is 11.7 Å². The standard InChI is InChI=1S/C16H14ClN3OS/c1-22-16-18-14(11-6-5-7-12(17)10-11)15(21)20(16)19-13-8-3-2-4-9-13/h2-10,14,19H,1H3/t14-/m0/s1. The fraction of sp³-hybridized carbons (Fsp3) is 0.125. The minimum absolute atomic E-state index is 0.115. The summed E-state index contributed by atoms with van der Waals surface area (Å²) in [6.07, 6.45) is 1.89. The van der Waals surface area contributed by atoms with Crippen molar-refractivity contribution in [3.8, 4) is 0 Å². The number of aliphatic imine (C=N–C) groups is 1. The molecule has 1 N–H and O–H groups in total. The fourth-order valence-electron chi connectivity index (χ4n) is 2.22. The summed E-state index contributed by atoms with van der Waals surface area (Å²) in [4.78, 5) is 17.2. The lowest BCUT2D eigenvalue weighted by atomic mass is 10.1. The summed E-state index contributed by atoms with van der Waals surface area (Å²) in [6.45, 7) is 0. The molecule has 3 rings (SSSR count). The number of rotatable bonds is 3. The molecule has 0 spiro atoms. The van der Waals surface area contributed by atoms with Gasteiger partial charge in [-0.2, -0.15) is 5.01 Å². The minimum Gasteiger partial charge on any atom is -0.289 e. The van der Waals surface area contributed by atoms with Gasteiger partial charge in [0.2, 0.25) is 0 Å². The number of amidine groups is 1. The van der Waals surface area contributed by atoms with E-state index in [0.29, 0.717) is 10.2 Å². The molecule has 0 aromatic heterocycles. The highest BCUT2D eigenvalue weighted by Crippen LogP contribution is 2.30. The molecule has 4 nitrogen and oxygen atoms in total. The number of para-hydroxylation sites is 1. The number of hydrazine groups is 1. The average molecular weight is 332 g/mol. The third kappa shape index (κ3) is 2.96. The van der Waals surface area contributed by atoms with Crippen LogP contribution in [-0.4, -0.2) is 22.3 Å². The molecule has 22 heavy (non-hydrogen) atoms. The van der Waals surface area contributed by atoms with Crippen LogP contribution in [0, 0.1) is 0 Å². The Balaban J connectivity index is 1.87. The van der Waals surface area contributed by atoms with Gasteiger partial charge in [-0.1, -0.05) is 53.7 Å². The highest BCUT2D eigenvalue weighted by Gasteiger charge is 2.35. The second-order valence-corrected chi connectivity index (χ2v) is 5.93. The van der Waals surface area contributed by atoms with Gasteiger partial charge in [-0.05, 0) is 36.1 Å². The molecule has 6 heteroatoms. The summed E-state index contributed by atoms with van der Waals surface area (Å²) in [5, 5.41) is 2.73. The number of hydrogen-bond acceptors (Lipinski definition) is 4. The van der Waals surface area contributed by atoms with E-state index >= 15 is 0 Å². The lowest BCUT2D eigenvalue weighted by Crippen LogP contribution is -2.36. The fourth-order valence-corrected chi connectivity index (χ4v) is 2.95. The van der Waals surface area contributed by atoms with Gasteiger partial charge in [0.25, 0.3) is 5.91 Å². The number of halogens is 1. The first-order valence-electron chi connectivity index (χ1n) is 6.72. The number of carbonyl (C=O) groups is 1. The van der Waals surface area contributed by atoms with Gasteiger partial charge in [-0.25, -0.2) is 4.99 Å². The summed E-state index contributed by atoms with van der Waals surface area (Å²) in [5.74, 6) is -0.115. The highest BCUT2D eigenvalue weighted by atomic mass is 35.5. The van der Waals surface area contributed by atoms with E-state index in [0.717, 1.165) is 11.3 Å². The molecule has 2 aromatic rings. The molecule has 112 valence electrons. The van der Waals surface area contributed by atoms with Gasteiger partial charge in [0.15, 0.2) is 11.2 Å². The van der Waals surface area contributed by atoms with Gasteiger partial charge in [-0.3, -0.25) is 10.2 Å². The molecule has 0 fully saturated rings. The van der Waals surface area contributed by atoms with Crippen LogP contribution in [0.15, 0.2) is 59.6 Å². The van der Waals surface area contributed by atoms with Crippen LogP contribution in [0.4, 0.5) is 5.69 Å². The summed E-state index contributed by atoms with van der Waals surface area (Å²) in [7, 11) is 0. The molecule has 1 atom stereocenters. The summed E-state index contributed by atoms with van der Waals surface area (Å²) in [6, 6.07) is 16.2. The van der Waals surface area contributed by atoms with Crippen LogP contribution in [0.25, 0.3) is 0 Å². The van der Waals surface area contributed by atoms with Gasteiger partial charge < -0.3 is 0 Å². The Morgan fingerprint density at radius 3 is 2.64 bits per heavy atom. The Hall–Kier alpha value is -1.98. The first kappa shape index (κ1) is 14.9. The van der Waals surface area contributed by atoms with Crippen LogP contribution in [0.1, 0.15) is 11.6 Å². The average Bonchev–Trinajstić information content (AvgIpc) is 2.85. The van der Waals surface area contributed by atoms with E-state index in [1.165, 1.54) is 16.8 Å². The van der Waals surface area contributed by atoms with Gasteiger partial charge in [-0.15, -0.1) is 0 Å². The second-order valence-electron chi connectivity index (χ2n) is 4.72. The topological polar surface area (TPSA) is 44.7 Å². The zero-order valence-corrected chi connectivity index (χ0v) is 13.4. The third-order valence-corrected chi connectivity index (χ3v) is 4.14. The summed E-state index contributed by atoms with van der Waals surface area (Å²) < 4.78 is 0. The summed E-state index contributed by atoms with van der Waals surface area (Å²) >= 11 is 7.44. The second kappa shape index (κ2) is 6.42. The number of benzene rings is 2. The molecular weight excluding hydrogens is 318 g/mol. The van der Waals surface area contributed by atoms with Crippen LogP contribution >= 0.6 is 23.4 Å². The molecule has 1 heterocycles. The van der Waals surface area contributed by atoms with E-state index < -0.39 is 6.04 Å². The molecular formula is C16H14ClN3OS. The van der Waals surface area contributed by atoms with Crippen molar-refractivity contribution in [2.24, 2.45) is 4.99 Å². The van der Waals surface area contributed by atoms with E-state index in [9.17, 15) is 4.79 Å². The Morgan fingerprint density at radius 1 is 1.18 bits per heavy atom. The molecule has 0 saturated heterocycles. The number of hydrogen-bond donors (Lipinski definition) is 1. The maximum atomic E-state index is 12.7. The first-order valence-corrected chi connectivity index (χ1v) is 8.32. The number of anilines is 1. The Bertz CT molecular complexity index is 720. The molecule has 0 unspecified atom stereocenters. The maximum Gasteiger partial charge on any atom is 0.276 e. The molecule has 1 aliphatic rings. The number of carbonyl (C=O) groups excluding carboxylic acids is 1. The van der Waals surface area contributed by atoms with Crippen molar-refractivity contribution < 1.29 is 4.79 Å². The van der Waals surface area contributed by atoms with Gasteiger partial charge in [0.1, 0.15) is 0 Å². The molecule has 0 saturated carbocycles. The predicted octanol–water partition coefficient (Wildman–Crippen LogP) is 3.97. The lowest BCUT2D eigenvalue weighted by molar-refractivity contribution is -0.126. The number of thioether (sulfide) groups is 1. The normalized spacial score (nSPS) is 17.5. The maximum absolute atomic E-state index is 12.7. The van der Waals surface area contributed by atoms with Crippen molar-refractivity contribution in [2.45, 2.75) is 6.04 Å². The largest absolute Gasteiger partial charge is 0.289 e. The zero-order valence-electron chi connectivity index (χ0n) is 11.9. The Labute approximate surface area is 138 Å². The van der Waals surface area contributed by atoms with Crippen molar-refractivity contribution in [1.29, 1.82) is 0 Å². The monoisotopic (exact) mass is 331 g/mol. The van der Waals surface area contributed by atoms with E-state index in [4.69, 9.17) is 11.6 Å². The zero-order chi connectivity index (χ0) is 15.5. The van der Waals surface area contributed by atoms with Gasteiger partial charge in [0, 0.05) is 5.02 Å². The number of nitrogens with one attached hydrogen (secondary N) is 1. The van der Waals surface area contributed by atoms with E-state index in [-0.39, 0.29) is 5.91 Å². The molecule has 1 aliphatic heterocycles.